The van der Waals surface area contributed by atoms with Crippen molar-refractivity contribution in [2.24, 2.45) is 0 Å². The second kappa shape index (κ2) is 6.47. The molecule has 0 radical (unpaired) electrons. The van der Waals surface area contributed by atoms with E-state index in [1.54, 1.807) is 6.92 Å². The summed E-state index contributed by atoms with van der Waals surface area (Å²) < 4.78 is 1.08. The molecule has 1 rings (SSSR count). The zero-order chi connectivity index (χ0) is 14.4. The molecule has 0 spiro atoms. The molecule has 1 atom stereocenters. The fourth-order valence-corrected chi connectivity index (χ4v) is 1.47. The molecule has 0 aliphatic carbocycles. The van der Waals surface area contributed by atoms with Gasteiger partial charge in [0, 0.05) is 0 Å². The highest BCUT2D eigenvalue weighted by molar-refractivity contribution is 5.83. The molecule has 0 aliphatic heterocycles. The SMILES string of the molecule is CCC[C@@H](NC(=O)Cn1ccc([N+](=O)[O-])n1)C(=O)O. The summed E-state index contributed by atoms with van der Waals surface area (Å²) >= 11 is 0. The largest absolute Gasteiger partial charge is 0.480 e. The molecule has 0 aliphatic rings. The molecule has 0 unspecified atom stereocenters. The fourth-order valence-electron chi connectivity index (χ4n) is 1.47. The normalized spacial score (nSPS) is 11.8. The van der Waals surface area contributed by atoms with Crippen LogP contribution in [0.4, 0.5) is 5.82 Å². The van der Waals surface area contributed by atoms with Crippen LogP contribution in [-0.4, -0.2) is 37.7 Å². The second-order valence-corrected chi connectivity index (χ2v) is 3.88. The van der Waals surface area contributed by atoms with Gasteiger partial charge in [-0.1, -0.05) is 13.3 Å². The minimum absolute atomic E-state index is 0.263. The van der Waals surface area contributed by atoms with E-state index in [1.165, 1.54) is 6.20 Å². The molecule has 0 bridgehead atoms. The minimum atomic E-state index is -1.11. The number of carbonyl (C=O) groups is 2. The second-order valence-electron chi connectivity index (χ2n) is 3.88. The monoisotopic (exact) mass is 270 g/mol. The highest BCUT2D eigenvalue weighted by Crippen LogP contribution is 2.05. The molecule has 104 valence electrons. The molecule has 2 N–H and O–H groups in total. The maximum Gasteiger partial charge on any atom is 0.389 e. The molecular weight excluding hydrogens is 256 g/mol. The number of carboxylic acid groups (broad SMARTS) is 1. The van der Waals surface area contributed by atoms with Gasteiger partial charge in [0.2, 0.25) is 5.91 Å². The number of aliphatic carboxylic acids is 1. The predicted octanol–water partition coefficient (Wildman–Crippen LogP) is 0.161. The van der Waals surface area contributed by atoms with Crippen molar-refractivity contribution in [3.63, 3.8) is 0 Å². The van der Waals surface area contributed by atoms with Gasteiger partial charge in [-0.05, 0) is 11.3 Å². The van der Waals surface area contributed by atoms with E-state index in [1.807, 2.05) is 0 Å². The molecule has 1 aromatic heterocycles. The maximum atomic E-state index is 11.6. The average Bonchev–Trinajstić information content (AvgIpc) is 2.76. The van der Waals surface area contributed by atoms with Crippen LogP contribution >= 0.6 is 0 Å². The van der Waals surface area contributed by atoms with Crippen LogP contribution in [0.3, 0.4) is 0 Å². The zero-order valence-electron chi connectivity index (χ0n) is 10.3. The molecule has 9 nitrogen and oxygen atoms in total. The van der Waals surface area contributed by atoms with Gasteiger partial charge in [-0.15, -0.1) is 0 Å². The average molecular weight is 270 g/mol. The topological polar surface area (TPSA) is 127 Å². The number of hydrogen-bond acceptors (Lipinski definition) is 5. The van der Waals surface area contributed by atoms with E-state index < -0.39 is 22.8 Å². The van der Waals surface area contributed by atoms with Gasteiger partial charge >= 0.3 is 11.8 Å². The molecular formula is C10H14N4O5. The van der Waals surface area contributed by atoms with E-state index in [0.29, 0.717) is 12.8 Å². The number of aromatic nitrogens is 2. The summed E-state index contributed by atoms with van der Waals surface area (Å²) in [6.45, 7) is 1.54. The van der Waals surface area contributed by atoms with Crippen molar-refractivity contribution in [1.82, 2.24) is 15.1 Å². The summed E-state index contributed by atoms with van der Waals surface area (Å²) in [6.07, 6.45) is 2.22. The summed E-state index contributed by atoms with van der Waals surface area (Å²) in [4.78, 5) is 32.1. The molecule has 0 fully saturated rings. The van der Waals surface area contributed by atoms with Gasteiger partial charge in [0.1, 0.15) is 12.6 Å². The Morgan fingerprint density at radius 1 is 1.63 bits per heavy atom. The third-order valence-corrected chi connectivity index (χ3v) is 2.33. The molecule has 1 amide bonds. The van der Waals surface area contributed by atoms with E-state index in [-0.39, 0.29) is 12.4 Å². The van der Waals surface area contributed by atoms with E-state index in [9.17, 15) is 19.7 Å². The van der Waals surface area contributed by atoms with Crippen molar-refractivity contribution in [1.29, 1.82) is 0 Å². The van der Waals surface area contributed by atoms with Gasteiger partial charge in [-0.25, -0.2) is 4.79 Å². The number of amides is 1. The summed E-state index contributed by atoms with van der Waals surface area (Å²) in [5, 5.41) is 25.2. The van der Waals surface area contributed by atoms with Gasteiger partial charge in [-0.2, -0.15) is 4.68 Å². The van der Waals surface area contributed by atoms with Gasteiger partial charge in [0.15, 0.2) is 0 Å². The Morgan fingerprint density at radius 2 is 2.32 bits per heavy atom. The highest BCUT2D eigenvalue weighted by Gasteiger charge is 2.20. The first-order valence-corrected chi connectivity index (χ1v) is 5.64. The summed E-state index contributed by atoms with van der Waals surface area (Å²) in [7, 11) is 0. The van der Waals surface area contributed by atoms with Gasteiger partial charge in [0.05, 0.1) is 17.4 Å². The molecule has 0 saturated heterocycles. The number of carboxylic acids is 1. The third kappa shape index (κ3) is 4.37. The Bertz CT molecular complexity index is 484. The van der Waals surface area contributed by atoms with E-state index >= 15 is 0 Å². The number of nitro groups is 1. The molecule has 1 aromatic rings. The Balaban J connectivity index is 2.58. The van der Waals surface area contributed by atoms with Crippen LogP contribution in [0.1, 0.15) is 19.8 Å². The Hall–Kier alpha value is -2.45. The van der Waals surface area contributed by atoms with Crippen molar-refractivity contribution < 1.29 is 19.6 Å². The zero-order valence-corrected chi connectivity index (χ0v) is 10.3. The predicted molar refractivity (Wildman–Crippen MR) is 63.4 cm³/mol. The smallest absolute Gasteiger partial charge is 0.389 e. The lowest BCUT2D eigenvalue weighted by molar-refractivity contribution is -0.389. The van der Waals surface area contributed by atoms with Crippen molar-refractivity contribution in [2.75, 3.05) is 0 Å². The van der Waals surface area contributed by atoms with Crippen molar-refractivity contribution in [2.45, 2.75) is 32.4 Å². The van der Waals surface area contributed by atoms with Crippen LogP contribution in [0, 0.1) is 10.1 Å². The third-order valence-electron chi connectivity index (χ3n) is 2.33. The van der Waals surface area contributed by atoms with Gasteiger partial charge in [0.25, 0.3) is 0 Å². The number of nitrogens with zero attached hydrogens (tertiary/aromatic N) is 3. The Kier molecular flexibility index (Phi) is 4.98. The van der Waals surface area contributed by atoms with Gasteiger partial charge < -0.3 is 20.5 Å². The molecule has 0 saturated carbocycles. The van der Waals surface area contributed by atoms with Crippen LogP contribution in [0.2, 0.25) is 0 Å². The standard InChI is InChI=1S/C10H14N4O5/c1-2-3-7(10(16)17)11-9(15)6-13-5-4-8(12-13)14(18)19/h4-5,7H,2-3,6H2,1H3,(H,11,15)(H,16,17)/t7-/m1/s1. The quantitative estimate of drug-likeness (QED) is 0.536. The van der Waals surface area contributed by atoms with Gasteiger partial charge in [-0.3, -0.25) is 4.79 Å². The van der Waals surface area contributed by atoms with E-state index in [4.69, 9.17) is 5.11 Å². The van der Waals surface area contributed by atoms with E-state index in [0.717, 1.165) is 10.7 Å². The molecule has 19 heavy (non-hydrogen) atoms. The molecule has 9 heteroatoms. The Morgan fingerprint density at radius 3 is 2.79 bits per heavy atom. The summed E-state index contributed by atoms with van der Waals surface area (Å²) in [5.74, 6) is -2.03. The maximum absolute atomic E-state index is 11.6. The minimum Gasteiger partial charge on any atom is -0.480 e. The first kappa shape index (κ1) is 14.6. The summed E-state index contributed by atoms with van der Waals surface area (Å²) in [6, 6.07) is 0.205. The highest BCUT2D eigenvalue weighted by atomic mass is 16.6. The van der Waals surface area contributed by atoms with Crippen LogP contribution in [0.25, 0.3) is 0 Å². The molecule has 0 aromatic carbocycles. The van der Waals surface area contributed by atoms with Crippen LogP contribution in [0.15, 0.2) is 12.3 Å². The first-order valence-electron chi connectivity index (χ1n) is 5.64. The number of nitrogens with one attached hydrogen (secondary N) is 1. The van der Waals surface area contributed by atoms with Crippen molar-refractivity contribution in [3.05, 3.63) is 22.4 Å². The van der Waals surface area contributed by atoms with Crippen LogP contribution in [0.5, 0.6) is 0 Å². The van der Waals surface area contributed by atoms with Crippen LogP contribution in [-0.2, 0) is 16.1 Å². The lowest BCUT2D eigenvalue weighted by atomic mass is 10.1. The first-order chi connectivity index (χ1) is 8.93. The van der Waals surface area contributed by atoms with Crippen molar-refractivity contribution >= 4 is 17.7 Å². The lowest BCUT2D eigenvalue weighted by Crippen LogP contribution is -2.42. The lowest BCUT2D eigenvalue weighted by Gasteiger charge is -2.12. The Labute approximate surface area is 108 Å². The number of rotatable bonds is 7. The number of hydrogen-bond donors (Lipinski definition) is 2. The van der Waals surface area contributed by atoms with E-state index in [2.05, 4.69) is 10.4 Å². The fraction of sp³-hybridized carbons (Fsp3) is 0.500. The van der Waals surface area contributed by atoms with Crippen LogP contribution < -0.4 is 5.32 Å². The molecule has 1 heterocycles. The van der Waals surface area contributed by atoms with Crippen molar-refractivity contribution in [3.8, 4) is 0 Å². The number of carbonyl (C=O) groups excluding carboxylic acids is 1. The summed E-state index contributed by atoms with van der Waals surface area (Å²) in [5.41, 5.74) is 0.